The number of hydrogen-bond donors (Lipinski definition) is 0. The normalized spacial score (nSPS) is 14.5. The van der Waals surface area contributed by atoms with Gasteiger partial charge in [-0.15, -0.1) is 0 Å². The number of allylic oxidation sites excluding steroid dienone is 1. The molecule has 0 aliphatic heterocycles. The summed E-state index contributed by atoms with van der Waals surface area (Å²) in [5.74, 6) is 0.687. The van der Waals surface area contributed by atoms with Crippen LogP contribution in [0.2, 0.25) is 0 Å². The monoisotopic (exact) mass is 312 g/mol. The Hall–Kier alpha value is -2.34. The van der Waals surface area contributed by atoms with Crippen molar-refractivity contribution in [1.82, 2.24) is 0 Å². The van der Waals surface area contributed by atoms with Gasteiger partial charge in [0.15, 0.2) is 0 Å². The highest BCUT2D eigenvalue weighted by Crippen LogP contribution is 2.37. The van der Waals surface area contributed by atoms with Crippen LogP contribution in [0, 0.1) is 5.92 Å². The molecule has 0 spiro atoms. The van der Waals surface area contributed by atoms with Crippen molar-refractivity contribution in [2.45, 2.75) is 33.1 Å². The smallest absolute Gasteiger partial charge is 0.00549 e. The summed E-state index contributed by atoms with van der Waals surface area (Å²) in [4.78, 5) is 0. The zero-order chi connectivity index (χ0) is 16.5. The third-order valence-corrected chi connectivity index (χ3v) is 5.34. The minimum Gasteiger partial charge on any atom is -0.0654 e. The molecule has 24 heavy (non-hydrogen) atoms. The second-order valence-electron chi connectivity index (χ2n) is 7.03. The fourth-order valence-electron chi connectivity index (χ4n) is 3.94. The van der Waals surface area contributed by atoms with Crippen LogP contribution in [0.25, 0.3) is 28.0 Å². The SMILES string of the molecule is CCCC(C)C1=Cc2c(cccc2-c2ccc3ccccc3c2)C1. The molecule has 0 fully saturated rings. The summed E-state index contributed by atoms with van der Waals surface area (Å²) in [5, 5.41) is 2.62. The third kappa shape index (κ3) is 2.67. The van der Waals surface area contributed by atoms with E-state index in [1.165, 1.54) is 45.9 Å². The summed E-state index contributed by atoms with van der Waals surface area (Å²) in [6, 6.07) is 22.2. The number of rotatable bonds is 4. The molecular formula is C24H24. The largest absolute Gasteiger partial charge is 0.0654 e. The Morgan fingerprint density at radius 2 is 1.75 bits per heavy atom. The maximum Gasteiger partial charge on any atom is -0.00549 e. The van der Waals surface area contributed by atoms with Gasteiger partial charge < -0.3 is 0 Å². The van der Waals surface area contributed by atoms with Crippen LogP contribution in [0.1, 0.15) is 37.8 Å². The van der Waals surface area contributed by atoms with Crippen molar-refractivity contribution in [1.29, 1.82) is 0 Å². The minimum atomic E-state index is 0.687. The van der Waals surface area contributed by atoms with Gasteiger partial charge in [0.2, 0.25) is 0 Å². The number of fused-ring (bicyclic) bond motifs is 2. The molecule has 3 aromatic carbocycles. The van der Waals surface area contributed by atoms with E-state index in [9.17, 15) is 0 Å². The molecule has 1 aliphatic carbocycles. The zero-order valence-corrected chi connectivity index (χ0v) is 14.5. The van der Waals surface area contributed by atoms with Crippen molar-refractivity contribution in [2.24, 2.45) is 5.92 Å². The zero-order valence-electron chi connectivity index (χ0n) is 14.5. The third-order valence-electron chi connectivity index (χ3n) is 5.34. The lowest BCUT2D eigenvalue weighted by Crippen LogP contribution is -1.98. The predicted molar refractivity (Wildman–Crippen MR) is 105 cm³/mol. The van der Waals surface area contributed by atoms with Crippen molar-refractivity contribution in [3.05, 3.63) is 77.4 Å². The molecule has 1 aliphatic rings. The molecule has 0 nitrogen and oxygen atoms in total. The number of hydrogen-bond acceptors (Lipinski definition) is 0. The lowest BCUT2D eigenvalue weighted by Gasteiger charge is -2.10. The Morgan fingerprint density at radius 3 is 2.58 bits per heavy atom. The highest BCUT2D eigenvalue weighted by atomic mass is 14.2. The van der Waals surface area contributed by atoms with E-state index in [0.29, 0.717) is 5.92 Å². The van der Waals surface area contributed by atoms with Crippen LogP contribution in [-0.4, -0.2) is 0 Å². The van der Waals surface area contributed by atoms with Crippen molar-refractivity contribution in [2.75, 3.05) is 0 Å². The molecule has 3 aromatic rings. The summed E-state index contributed by atoms with van der Waals surface area (Å²) in [5.41, 5.74) is 7.22. The first-order chi connectivity index (χ1) is 11.8. The van der Waals surface area contributed by atoms with Gasteiger partial charge in [-0.25, -0.2) is 0 Å². The first-order valence-electron chi connectivity index (χ1n) is 9.08. The fraction of sp³-hybridized carbons (Fsp3) is 0.250. The van der Waals surface area contributed by atoms with E-state index in [1.807, 2.05) is 0 Å². The Balaban J connectivity index is 1.79. The Labute approximate surface area is 144 Å². The fourth-order valence-corrected chi connectivity index (χ4v) is 3.94. The minimum absolute atomic E-state index is 0.687. The van der Waals surface area contributed by atoms with E-state index in [0.717, 1.165) is 6.42 Å². The quantitative estimate of drug-likeness (QED) is 0.492. The van der Waals surface area contributed by atoms with Gasteiger partial charge >= 0.3 is 0 Å². The predicted octanol–water partition coefficient (Wildman–Crippen LogP) is 6.88. The van der Waals surface area contributed by atoms with E-state index in [-0.39, 0.29) is 0 Å². The molecule has 0 amide bonds. The molecule has 0 bridgehead atoms. The van der Waals surface area contributed by atoms with Gasteiger partial charge in [0, 0.05) is 0 Å². The molecular weight excluding hydrogens is 288 g/mol. The van der Waals surface area contributed by atoms with Crippen LogP contribution >= 0.6 is 0 Å². The Morgan fingerprint density at radius 1 is 0.917 bits per heavy atom. The van der Waals surface area contributed by atoms with Crippen LogP contribution in [0.4, 0.5) is 0 Å². The van der Waals surface area contributed by atoms with E-state index in [1.54, 1.807) is 5.57 Å². The lowest BCUT2D eigenvalue weighted by molar-refractivity contribution is 0.596. The molecule has 0 aromatic heterocycles. The van der Waals surface area contributed by atoms with E-state index in [2.05, 4.69) is 80.6 Å². The van der Waals surface area contributed by atoms with Crippen molar-refractivity contribution >= 4 is 16.8 Å². The number of benzene rings is 3. The molecule has 0 N–H and O–H groups in total. The summed E-state index contributed by atoms with van der Waals surface area (Å²) in [6.45, 7) is 4.65. The second kappa shape index (κ2) is 6.28. The van der Waals surface area contributed by atoms with E-state index >= 15 is 0 Å². The van der Waals surface area contributed by atoms with Gasteiger partial charge in [-0.1, -0.05) is 86.5 Å². The van der Waals surface area contributed by atoms with Gasteiger partial charge in [-0.05, 0) is 57.9 Å². The summed E-state index contributed by atoms with van der Waals surface area (Å²) >= 11 is 0. The summed E-state index contributed by atoms with van der Waals surface area (Å²) in [7, 11) is 0. The van der Waals surface area contributed by atoms with Crippen LogP contribution in [0.3, 0.4) is 0 Å². The van der Waals surface area contributed by atoms with Crippen molar-refractivity contribution < 1.29 is 0 Å². The Kier molecular flexibility index (Phi) is 3.98. The van der Waals surface area contributed by atoms with Gasteiger partial charge in [0.1, 0.15) is 0 Å². The lowest BCUT2D eigenvalue weighted by atomic mass is 9.95. The topological polar surface area (TPSA) is 0 Å². The van der Waals surface area contributed by atoms with Gasteiger partial charge in [0.25, 0.3) is 0 Å². The maximum absolute atomic E-state index is 2.46. The molecule has 120 valence electrons. The van der Waals surface area contributed by atoms with Crippen LogP contribution < -0.4 is 0 Å². The van der Waals surface area contributed by atoms with Crippen molar-refractivity contribution in [3.8, 4) is 11.1 Å². The average molecular weight is 312 g/mol. The van der Waals surface area contributed by atoms with E-state index < -0.39 is 0 Å². The molecule has 0 saturated heterocycles. The van der Waals surface area contributed by atoms with Gasteiger partial charge in [0.05, 0.1) is 0 Å². The molecule has 0 heteroatoms. The second-order valence-corrected chi connectivity index (χ2v) is 7.03. The van der Waals surface area contributed by atoms with Crippen LogP contribution in [0.15, 0.2) is 66.2 Å². The van der Waals surface area contributed by atoms with Crippen molar-refractivity contribution in [3.63, 3.8) is 0 Å². The highest BCUT2D eigenvalue weighted by Gasteiger charge is 2.19. The van der Waals surface area contributed by atoms with Crippen LogP contribution in [0.5, 0.6) is 0 Å². The maximum atomic E-state index is 2.46. The molecule has 0 saturated carbocycles. The standard InChI is InChI=1S/C24H24/c1-3-7-17(2)22-15-20-10-6-11-23(24(20)16-22)21-13-12-18-8-4-5-9-19(18)14-21/h4-6,8-14,16-17H,3,7,15H2,1-2H3. The van der Waals surface area contributed by atoms with E-state index in [4.69, 9.17) is 0 Å². The molecule has 1 atom stereocenters. The molecule has 4 rings (SSSR count). The van der Waals surface area contributed by atoms with Gasteiger partial charge in [-0.2, -0.15) is 0 Å². The summed E-state index contributed by atoms with van der Waals surface area (Å²) < 4.78 is 0. The molecule has 0 radical (unpaired) electrons. The highest BCUT2D eigenvalue weighted by molar-refractivity contribution is 5.90. The first kappa shape index (κ1) is 15.2. The molecule has 0 heterocycles. The van der Waals surface area contributed by atoms with Crippen LogP contribution in [-0.2, 0) is 6.42 Å². The van der Waals surface area contributed by atoms with Gasteiger partial charge in [-0.3, -0.25) is 0 Å². The summed E-state index contributed by atoms with van der Waals surface area (Å²) in [6.07, 6.45) is 6.12. The average Bonchev–Trinajstić information content (AvgIpc) is 3.06. The Bertz CT molecular complexity index is 914. The molecule has 1 unspecified atom stereocenters. The first-order valence-corrected chi connectivity index (χ1v) is 9.08.